The summed E-state index contributed by atoms with van der Waals surface area (Å²) in [7, 11) is 0. The number of aromatic nitrogens is 1. The van der Waals surface area contributed by atoms with E-state index in [-0.39, 0.29) is 11.8 Å². The second-order valence-corrected chi connectivity index (χ2v) is 6.13. The van der Waals surface area contributed by atoms with E-state index in [1.165, 1.54) is 0 Å². The molecule has 25 heavy (non-hydrogen) atoms. The fraction of sp³-hybridized carbons (Fsp3) is 0. The molecular weight excluding hydrogens is 382 g/mol. The van der Waals surface area contributed by atoms with Crippen molar-refractivity contribution in [1.82, 2.24) is 4.98 Å². The van der Waals surface area contributed by atoms with Gasteiger partial charge in [-0.2, -0.15) is 0 Å². The number of nitrogens with one attached hydrogen (secondary N) is 2. The lowest BCUT2D eigenvalue weighted by molar-refractivity contribution is 0.101. The Labute approximate surface area is 153 Å². The van der Waals surface area contributed by atoms with Crippen LogP contribution in [-0.2, 0) is 0 Å². The molecule has 3 aromatic rings. The van der Waals surface area contributed by atoms with Gasteiger partial charge in [-0.25, -0.2) is 4.98 Å². The number of anilines is 2. The van der Waals surface area contributed by atoms with E-state index in [2.05, 4.69) is 31.5 Å². The van der Waals surface area contributed by atoms with Crippen LogP contribution in [0, 0.1) is 0 Å². The summed E-state index contributed by atoms with van der Waals surface area (Å²) in [6.45, 7) is 0. The van der Waals surface area contributed by atoms with E-state index in [0.717, 1.165) is 4.47 Å². The SMILES string of the molecule is O=C(Nc1ccc(C(=O)Nc2ccc(Br)cn2)cc1)c1ccccc1. The molecule has 0 atom stereocenters. The second-order valence-electron chi connectivity index (χ2n) is 5.21. The summed E-state index contributed by atoms with van der Waals surface area (Å²) in [5.41, 5.74) is 1.67. The van der Waals surface area contributed by atoms with Crippen LogP contribution in [0.1, 0.15) is 20.7 Å². The fourth-order valence-electron chi connectivity index (χ4n) is 2.14. The van der Waals surface area contributed by atoms with Crippen LogP contribution in [0.2, 0.25) is 0 Å². The molecule has 2 amide bonds. The van der Waals surface area contributed by atoms with Crippen molar-refractivity contribution < 1.29 is 9.59 Å². The molecule has 2 aromatic carbocycles. The van der Waals surface area contributed by atoms with E-state index < -0.39 is 0 Å². The number of carbonyl (C=O) groups is 2. The molecule has 6 heteroatoms. The quantitative estimate of drug-likeness (QED) is 0.689. The van der Waals surface area contributed by atoms with E-state index in [1.54, 1.807) is 66.9 Å². The molecule has 1 heterocycles. The molecule has 0 saturated heterocycles. The van der Waals surface area contributed by atoms with Crippen LogP contribution in [0.3, 0.4) is 0 Å². The number of carbonyl (C=O) groups excluding carboxylic acids is 2. The standard InChI is InChI=1S/C19H14BrN3O2/c20-15-8-11-17(21-12-15)23-19(25)14-6-9-16(10-7-14)22-18(24)13-4-2-1-3-5-13/h1-12H,(H,22,24)(H,21,23,25). The highest BCUT2D eigenvalue weighted by Gasteiger charge is 2.08. The Balaban J connectivity index is 1.64. The lowest BCUT2D eigenvalue weighted by atomic mass is 10.1. The van der Waals surface area contributed by atoms with E-state index in [9.17, 15) is 9.59 Å². The van der Waals surface area contributed by atoms with E-state index in [4.69, 9.17) is 0 Å². The molecule has 124 valence electrons. The maximum absolute atomic E-state index is 12.2. The van der Waals surface area contributed by atoms with Crippen molar-refractivity contribution in [3.05, 3.63) is 88.5 Å². The maximum atomic E-state index is 12.2. The first-order valence-electron chi connectivity index (χ1n) is 7.51. The molecule has 0 radical (unpaired) electrons. The molecule has 0 spiro atoms. The minimum absolute atomic E-state index is 0.197. The van der Waals surface area contributed by atoms with Crippen LogP contribution in [0.5, 0.6) is 0 Å². The summed E-state index contributed by atoms with van der Waals surface area (Å²) in [6.07, 6.45) is 1.61. The first-order valence-corrected chi connectivity index (χ1v) is 8.30. The van der Waals surface area contributed by atoms with Gasteiger partial charge >= 0.3 is 0 Å². The van der Waals surface area contributed by atoms with Crippen molar-refractivity contribution in [3.8, 4) is 0 Å². The third kappa shape index (κ3) is 4.51. The third-order valence-corrected chi connectivity index (χ3v) is 3.88. The normalized spacial score (nSPS) is 10.1. The smallest absolute Gasteiger partial charge is 0.256 e. The Morgan fingerprint density at radius 2 is 1.40 bits per heavy atom. The summed E-state index contributed by atoms with van der Waals surface area (Å²) < 4.78 is 0.837. The van der Waals surface area contributed by atoms with Crippen LogP contribution in [0.15, 0.2) is 77.4 Å². The van der Waals surface area contributed by atoms with Crippen molar-refractivity contribution in [2.75, 3.05) is 10.6 Å². The summed E-state index contributed by atoms with van der Waals surface area (Å²) >= 11 is 3.29. The van der Waals surface area contributed by atoms with Gasteiger partial charge in [0.1, 0.15) is 5.82 Å². The molecule has 0 bridgehead atoms. The number of benzene rings is 2. The summed E-state index contributed by atoms with van der Waals surface area (Å²) in [6, 6.07) is 19.1. The first-order chi connectivity index (χ1) is 12.1. The number of hydrogen-bond donors (Lipinski definition) is 2. The molecule has 0 fully saturated rings. The fourth-order valence-corrected chi connectivity index (χ4v) is 2.37. The van der Waals surface area contributed by atoms with Gasteiger partial charge in [0.2, 0.25) is 0 Å². The topological polar surface area (TPSA) is 71.1 Å². The lowest BCUT2D eigenvalue weighted by Crippen LogP contribution is -2.14. The monoisotopic (exact) mass is 395 g/mol. The van der Waals surface area contributed by atoms with E-state index >= 15 is 0 Å². The zero-order chi connectivity index (χ0) is 17.6. The Morgan fingerprint density at radius 3 is 2.04 bits per heavy atom. The highest BCUT2D eigenvalue weighted by Crippen LogP contribution is 2.14. The number of hydrogen-bond acceptors (Lipinski definition) is 3. The van der Waals surface area contributed by atoms with Crippen LogP contribution in [-0.4, -0.2) is 16.8 Å². The van der Waals surface area contributed by atoms with Crippen LogP contribution >= 0.6 is 15.9 Å². The Kier molecular flexibility index (Phi) is 5.20. The van der Waals surface area contributed by atoms with E-state index in [1.807, 2.05) is 6.07 Å². The number of pyridine rings is 1. The van der Waals surface area contributed by atoms with Gasteiger partial charge in [-0.15, -0.1) is 0 Å². The second kappa shape index (κ2) is 7.72. The highest BCUT2D eigenvalue weighted by atomic mass is 79.9. The molecule has 0 aliphatic rings. The number of halogens is 1. The summed E-state index contributed by atoms with van der Waals surface area (Å²) in [4.78, 5) is 28.4. The zero-order valence-electron chi connectivity index (χ0n) is 13.1. The van der Waals surface area contributed by atoms with Gasteiger partial charge in [0.25, 0.3) is 11.8 Å². The molecule has 2 N–H and O–H groups in total. The van der Waals surface area contributed by atoms with Crippen LogP contribution < -0.4 is 10.6 Å². The average molecular weight is 396 g/mol. The van der Waals surface area contributed by atoms with E-state index in [0.29, 0.717) is 22.6 Å². The van der Waals surface area contributed by atoms with Crippen LogP contribution in [0.4, 0.5) is 11.5 Å². The highest BCUT2D eigenvalue weighted by molar-refractivity contribution is 9.10. The Morgan fingerprint density at radius 1 is 0.760 bits per heavy atom. The molecule has 0 saturated carbocycles. The van der Waals surface area contributed by atoms with Crippen molar-refractivity contribution >= 4 is 39.2 Å². The number of amides is 2. The zero-order valence-corrected chi connectivity index (χ0v) is 14.7. The Bertz CT molecular complexity index is 879. The summed E-state index contributed by atoms with van der Waals surface area (Å²) in [5.74, 6) is 0.00211. The van der Waals surface area contributed by atoms with Gasteiger partial charge < -0.3 is 10.6 Å². The predicted octanol–water partition coefficient (Wildman–Crippen LogP) is 4.35. The molecule has 3 rings (SSSR count). The molecule has 0 aliphatic carbocycles. The number of rotatable bonds is 4. The van der Waals surface area contributed by atoms with Gasteiger partial charge in [-0.05, 0) is 64.5 Å². The van der Waals surface area contributed by atoms with Gasteiger partial charge in [0.15, 0.2) is 0 Å². The Hall–Kier alpha value is -2.99. The molecule has 0 aliphatic heterocycles. The van der Waals surface area contributed by atoms with Crippen molar-refractivity contribution in [1.29, 1.82) is 0 Å². The maximum Gasteiger partial charge on any atom is 0.256 e. The molecule has 1 aromatic heterocycles. The third-order valence-electron chi connectivity index (χ3n) is 3.41. The lowest BCUT2D eigenvalue weighted by Gasteiger charge is -2.07. The minimum Gasteiger partial charge on any atom is -0.322 e. The predicted molar refractivity (Wildman–Crippen MR) is 101 cm³/mol. The summed E-state index contributed by atoms with van der Waals surface area (Å²) in [5, 5.41) is 5.51. The van der Waals surface area contributed by atoms with Crippen molar-refractivity contribution in [2.24, 2.45) is 0 Å². The average Bonchev–Trinajstić information content (AvgIpc) is 2.65. The molecule has 0 unspecified atom stereocenters. The largest absolute Gasteiger partial charge is 0.322 e. The molecule has 5 nitrogen and oxygen atoms in total. The van der Waals surface area contributed by atoms with Crippen LogP contribution in [0.25, 0.3) is 0 Å². The first kappa shape index (κ1) is 16.9. The van der Waals surface area contributed by atoms with Gasteiger partial charge in [0, 0.05) is 27.5 Å². The molecular formula is C19H14BrN3O2. The van der Waals surface area contributed by atoms with Crippen molar-refractivity contribution in [3.63, 3.8) is 0 Å². The van der Waals surface area contributed by atoms with Gasteiger partial charge in [-0.1, -0.05) is 18.2 Å². The minimum atomic E-state index is -0.268. The number of nitrogens with zero attached hydrogens (tertiary/aromatic N) is 1. The van der Waals surface area contributed by atoms with Gasteiger partial charge in [0.05, 0.1) is 0 Å². The van der Waals surface area contributed by atoms with Gasteiger partial charge in [-0.3, -0.25) is 9.59 Å². The van der Waals surface area contributed by atoms with Crippen molar-refractivity contribution in [2.45, 2.75) is 0 Å².